The molecule has 2 aliphatic rings. The third-order valence-corrected chi connectivity index (χ3v) is 5.31. The van der Waals surface area contributed by atoms with Gasteiger partial charge in [-0.1, -0.05) is 0 Å². The van der Waals surface area contributed by atoms with Gasteiger partial charge >= 0.3 is 0 Å². The number of aryl methyl sites for hydroxylation is 1. The van der Waals surface area contributed by atoms with E-state index in [9.17, 15) is 14.4 Å². The molecular formula is C19H24N6O3. The van der Waals surface area contributed by atoms with Crippen molar-refractivity contribution in [3.63, 3.8) is 0 Å². The zero-order valence-electron chi connectivity index (χ0n) is 15.8. The van der Waals surface area contributed by atoms with Gasteiger partial charge in [0.1, 0.15) is 0 Å². The highest BCUT2D eigenvalue weighted by Gasteiger charge is 2.31. The molecule has 1 atom stereocenters. The fraction of sp³-hybridized carbons (Fsp3) is 0.474. The zero-order chi connectivity index (χ0) is 19.7. The fourth-order valence-corrected chi connectivity index (χ4v) is 3.85. The van der Waals surface area contributed by atoms with Crippen LogP contribution in [-0.2, 0) is 21.4 Å². The van der Waals surface area contributed by atoms with Gasteiger partial charge in [0.05, 0.1) is 23.7 Å². The molecule has 9 heteroatoms. The van der Waals surface area contributed by atoms with Crippen LogP contribution in [0.4, 0.5) is 5.69 Å². The summed E-state index contributed by atoms with van der Waals surface area (Å²) in [6.45, 7) is 3.90. The molecule has 2 fully saturated rings. The monoisotopic (exact) mass is 384 g/mol. The minimum Gasteiger partial charge on any atom is -0.325 e. The van der Waals surface area contributed by atoms with E-state index < -0.39 is 5.92 Å². The van der Waals surface area contributed by atoms with Crippen LogP contribution in [0.2, 0.25) is 0 Å². The fourth-order valence-electron chi connectivity index (χ4n) is 3.85. The number of carbonyl (C=O) groups is 3. The lowest BCUT2D eigenvalue weighted by Crippen LogP contribution is -2.46. The van der Waals surface area contributed by atoms with Gasteiger partial charge in [0.25, 0.3) is 0 Å². The second-order valence-corrected chi connectivity index (χ2v) is 7.32. The van der Waals surface area contributed by atoms with E-state index in [0.717, 1.165) is 37.1 Å². The Labute approximate surface area is 162 Å². The molecule has 3 heterocycles. The minimum absolute atomic E-state index is 0.0474. The lowest BCUT2D eigenvalue weighted by atomic mass is 9.93. The number of benzene rings is 1. The van der Waals surface area contributed by atoms with Crippen LogP contribution in [-0.4, -0.2) is 65.1 Å². The van der Waals surface area contributed by atoms with Gasteiger partial charge in [-0.3, -0.25) is 29.3 Å². The van der Waals surface area contributed by atoms with E-state index >= 15 is 0 Å². The number of nitrogens with zero attached hydrogens (tertiary/aromatic N) is 3. The van der Waals surface area contributed by atoms with Crippen LogP contribution in [0.25, 0.3) is 10.9 Å². The average Bonchev–Trinajstić information content (AvgIpc) is 2.98. The standard InChI is InChI=1S/C19H24N6O3/c1-24-15-10-12(21-17(27)11-25-8-6-20-7-9-25)2-3-13(15)18(23-24)14-4-5-16(26)22-19(14)28/h2-3,10,14,20H,4-9,11H2,1H3,(H,21,27)(H,22,26,28). The van der Waals surface area contributed by atoms with E-state index in [-0.39, 0.29) is 17.7 Å². The molecule has 4 rings (SSSR count). The van der Waals surface area contributed by atoms with E-state index in [1.165, 1.54) is 0 Å². The molecule has 0 aliphatic carbocycles. The Morgan fingerprint density at radius 2 is 2.07 bits per heavy atom. The maximum absolute atomic E-state index is 12.3. The van der Waals surface area contributed by atoms with Gasteiger partial charge in [0, 0.05) is 50.7 Å². The summed E-state index contributed by atoms with van der Waals surface area (Å²) in [6, 6.07) is 5.57. The number of rotatable bonds is 4. The summed E-state index contributed by atoms with van der Waals surface area (Å²) < 4.78 is 1.71. The predicted octanol–water partition coefficient (Wildman–Crippen LogP) is -0.0628. The van der Waals surface area contributed by atoms with Crippen molar-refractivity contribution in [2.75, 3.05) is 38.0 Å². The van der Waals surface area contributed by atoms with Crippen molar-refractivity contribution in [3.8, 4) is 0 Å². The number of hydrogen-bond donors (Lipinski definition) is 3. The molecule has 1 aromatic carbocycles. The first-order chi connectivity index (χ1) is 13.5. The number of piperidine rings is 1. The highest BCUT2D eigenvalue weighted by atomic mass is 16.2. The van der Waals surface area contributed by atoms with Crippen molar-refractivity contribution < 1.29 is 14.4 Å². The number of imide groups is 1. The molecule has 0 spiro atoms. The average molecular weight is 384 g/mol. The summed E-state index contributed by atoms with van der Waals surface area (Å²) in [6.07, 6.45) is 0.772. The number of fused-ring (bicyclic) bond motifs is 1. The van der Waals surface area contributed by atoms with Gasteiger partial charge in [-0.15, -0.1) is 0 Å². The minimum atomic E-state index is -0.436. The molecule has 2 saturated heterocycles. The molecule has 2 aromatic rings. The third-order valence-electron chi connectivity index (χ3n) is 5.31. The van der Waals surface area contributed by atoms with Crippen molar-refractivity contribution in [2.45, 2.75) is 18.8 Å². The Balaban J connectivity index is 1.51. The molecule has 1 aromatic heterocycles. The number of amides is 3. The molecule has 0 bridgehead atoms. The molecule has 1 unspecified atom stereocenters. The molecule has 9 nitrogen and oxygen atoms in total. The third kappa shape index (κ3) is 3.76. The largest absolute Gasteiger partial charge is 0.325 e. The Morgan fingerprint density at radius 3 is 2.82 bits per heavy atom. The maximum atomic E-state index is 12.3. The summed E-state index contributed by atoms with van der Waals surface area (Å²) in [5.74, 6) is -1.02. The lowest BCUT2D eigenvalue weighted by Gasteiger charge is -2.26. The number of hydrogen-bond acceptors (Lipinski definition) is 6. The molecule has 3 N–H and O–H groups in total. The highest BCUT2D eigenvalue weighted by molar-refractivity contribution is 6.03. The van der Waals surface area contributed by atoms with E-state index in [4.69, 9.17) is 0 Å². The van der Waals surface area contributed by atoms with Crippen molar-refractivity contribution in [1.29, 1.82) is 0 Å². The normalized spacial score (nSPS) is 21.0. The Hall–Kier alpha value is -2.78. The first-order valence-corrected chi connectivity index (χ1v) is 9.54. The Morgan fingerprint density at radius 1 is 1.29 bits per heavy atom. The molecular weight excluding hydrogens is 360 g/mol. The van der Waals surface area contributed by atoms with Gasteiger partial charge in [-0.2, -0.15) is 5.10 Å². The van der Waals surface area contributed by atoms with Crippen molar-refractivity contribution in [1.82, 2.24) is 25.3 Å². The van der Waals surface area contributed by atoms with E-state index in [1.807, 2.05) is 25.2 Å². The molecule has 0 radical (unpaired) electrons. The first kappa shape index (κ1) is 18.6. The summed E-state index contributed by atoms with van der Waals surface area (Å²) >= 11 is 0. The maximum Gasteiger partial charge on any atom is 0.238 e. The zero-order valence-corrected chi connectivity index (χ0v) is 15.8. The van der Waals surface area contributed by atoms with Crippen LogP contribution < -0.4 is 16.0 Å². The van der Waals surface area contributed by atoms with Crippen molar-refractivity contribution in [2.24, 2.45) is 7.05 Å². The molecule has 3 amide bonds. The van der Waals surface area contributed by atoms with Gasteiger partial charge in [0.2, 0.25) is 17.7 Å². The number of nitrogens with one attached hydrogen (secondary N) is 3. The van der Waals surface area contributed by atoms with Crippen LogP contribution in [0.5, 0.6) is 0 Å². The highest BCUT2D eigenvalue weighted by Crippen LogP contribution is 2.31. The number of anilines is 1. The van der Waals surface area contributed by atoms with Crippen LogP contribution in [0, 0.1) is 0 Å². The molecule has 0 saturated carbocycles. The van der Waals surface area contributed by atoms with Crippen LogP contribution in [0.3, 0.4) is 0 Å². The summed E-state index contributed by atoms with van der Waals surface area (Å²) in [4.78, 5) is 38.1. The summed E-state index contributed by atoms with van der Waals surface area (Å²) in [5, 5.41) is 14.0. The summed E-state index contributed by atoms with van der Waals surface area (Å²) in [7, 11) is 1.81. The smallest absolute Gasteiger partial charge is 0.238 e. The number of aromatic nitrogens is 2. The number of piperazine rings is 1. The van der Waals surface area contributed by atoms with Gasteiger partial charge in [-0.05, 0) is 24.6 Å². The van der Waals surface area contributed by atoms with E-state index in [0.29, 0.717) is 30.8 Å². The van der Waals surface area contributed by atoms with E-state index in [2.05, 4.69) is 25.9 Å². The molecule has 148 valence electrons. The van der Waals surface area contributed by atoms with Crippen LogP contribution in [0.15, 0.2) is 18.2 Å². The van der Waals surface area contributed by atoms with Gasteiger partial charge in [-0.25, -0.2) is 0 Å². The second kappa shape index (κ2) is 7.69. The Kier molecular flexibility index (Phi) is 5.10. The summed E-state index contributed by atoms with van der Waals surface area (Å²) in [5.41, 5.74) is 2.20. The van der Waals surface area contributed by atoms with Crippen molar-refractivity contribution >= 4 is 34.3 Å². The quantitative estimate of drug-likeness (QED) is 0.637. The van der Waals surface area contributed by atoms with Crippen molar-refractivity contribution in [3.05, 3.63) is 23.9 Å². The molecule has 2 aliphatic heterocycles. The van der Waals surface area contributed by atoms with Gasteiger partial charge in [0.15, 0.2) is 0 Å². The number of carbonyl (C=O) groups excluding carboxylic acids is 3. The second-order valence-electron chi connectivity index (χ2n) is 7.32. The Bertz CT molecular complexity index is 931. The topological polar surface area (TPSA) is 108 Å². The first-order valence-electron chi connectivity index (χ1n) is 9.54. The van der Waals surface area contributed by atoms with Crippen LogP contribution >= 0.6 is 0 Å². The lowest BCUT2D eigenvalue weighted by molar-refractivity contribution is -0.134. The SMILES string of the molecule is Cn1nc(C2CCC(=O)NC2=O)c2ccc(NC(=O)CN3CCNCC3)cc21. The van der Waals surface area contributed by atoms with Gasteiger partial charge < -0.3 is 10.6 Å². The predicted molar refractivity (Wildman–Crippen MR) is 104 cm³/mol. The molecule has 28 heavy (non-hydrogen) atoms. The van der Waals surface area contributed by atoms with E-state index in [1.54, 1.807) is 4.68 Å². The van der Waals surface area contributed by atoms with Crippen LogP contribution in [0.1, 0.15) is 24.5 Å².